The lowest BCUT2D eigenvalue weighted by Gasteiger charge is -2.07. The predicted octanol–water partition coefficient (Wildman–Crippen LogP) is 4.67. The molecule has 2 nitrogen and oxygen atoms in total. The van der Waals surface area contributed by atoms with Gasteiger partial charge in [0.1, 0.15) is 5.15 Å². The van der Waals surface area contributed by atoms with Crippen LogP contribution in [0.15, 0.2) is 41.0 Å². The van der Waals surface area contributed by atoms with Crippen molar-refractivity contribution in [3.05, 3.63) is 57.3 Å². The van der Waals surface area contributed by atoms with E-state index in [0.29, 0.717) is 5.15 Å². The number of benzene rings is 1. The van der Waals surface area contributed by atoms with Crippen LogP contribution in [-0.2, 0) is 13.0 Å². The van der Waals surface area contributed by atoms with Crippen LogP contribution < -0.4 is 5.32 Å². The third-order valence-corrected chi connectivity index (χ3v) is 3.86. The molecule has 2 aromatic rings. The van der Waals surface area contributed by atoms with Crippen LogP contribution in [0.3, 0.4) is 0 Å². The van der Waals surface area contributed by atoms with Crippen LogP contribution in [0.1, 0.15) is 18.1 Å². The van der Waals surface area contributed by atoms with E-state index in [1.54, 1.807) is 6.20 Å². The van der Waals surface area contributed by atoms with Crippen LogP contribution in [0.5, 0.6) is 0 Å². The average Bonchev–Trinajstić information content (AvgIpc) is 2.41. The molecule has 0 saturated heterocycles. The highest BCUT2D eigenvalue weighted by atomic mass is 79.9. The van der Waals surface area contributed by atoms with Gasteiger partial charge in [-0.05, 0) is 39.5 Å². The van der Waals surface area contributed by atoms with Crippen LogP contribution in [0.2, 0.25) is 5.15 Å². The number of nitrogens with zero attached hydrogens (tertiary/aromatic N) is 1. The predicted molar refractivity (Wildman–Crippen MR) is 80.1 cm³/mol. The highest BCUT2D eigenvalue weighted by molar-refractivity contribution is 9.10. The quantitative estimate of drug-likeness (QED) is 0.826. The van der Waals surface area contributed by atoms with Gasteiger partial charge < -0.3 is 5.32 Å². The van der Waals surface area contributed by atoms with E-state index in [0.717, 1.165) is 23.1 Å². The van der Waals surface area contributed by atoms with Crippen LogP contribution >= 0.6 is 27.5 Å². The number of nitrogens with one attached hydrogen (secondary N) is 1. The third kappa shape index (κ3) is 3.47. The van der Waals surface area contributed by atoms with Crippen molar-refractivity contribution in [3.63, 3.8) is 0 Å². The normalized spacial score (nSPS) is 10.4. The largest absolute Gasteiger partial charge is 0.380 e. The van der Waals surface area contributed by atoms with E-state index in [2.05, 4.69) is 57.4 Å². The molecule has 0 spiro atoms. The molecule has 0 unspecified atom stereocenters. The van der Waals surface area contributed by atoms with Gasteiger partial charge in [0.2, 0.25) is 0 Å². The lowest BCUT2D eigenvalue weighted by atomic mass is 10.1. The summed E-state index contributed by atoms with van der Waals surface area (Å²) in [4.78, 5) is 4.07. The Balaban J connectivity index is 1.99. The number of halogens is 2. The Morgan fingerprint density at radius 3 is 2.50 bits per heavy atom. The minimum atomic E-state index is 0.479. The molecule has 0 fully saturated rings. The third-order valence-electron chi connectivity index (χ3n) is 2.72. The maximum Gasteiger partial charge on any atom is 0.143 e. The van der Waals surface area contributed by atoms with Crippen molar-refractivity contribution in [1.29, 1.82) is 0 Å². The van der Waals surface area contributed by atoms with Crippen molar-refractivity contribution in [2.75, 3.05) is 5.32 Å². The summed E-state index contributed by atoms with van der Waals surface area (Å²) >= 11 is 9.20. The Morgan fingerprint density at radius 1 is 1.22 bits per heavy atom. The van der Waals surface area contributed by atoms with Gasteiger partial charge in [0.25, 0.3) is 0 Å². The molecule has 1 N–H and O–H groups in total. The fourth-order valence-corrected chi connectivity index (χ4v) is 2.07. The zero-order valence-corrected chi connectivity index (χ0v) is 12.4. The molecule has 18 heavy (non-hydrogen) atoms. The van der Waals surface area contributed by atoms with Gasteiger partial charge in [-0.25, -0.2) is 4.98 Å². The highest BCUT2D eigenvalue weighted by Gasteiger charge is 2.00. The van der Waals surface area contributed by atoms with Gasteiger partial charge in [-0.3, -0.25) is 0 Å². The molecule has 0 amide bonds. The smallest absolute Gasteiger partial charge is 0.143 e. The Morgan fingerprint density at radius 2 is 1.89 bits per heavy atom. The van der Waals surface area contributed by atoms with Gasteiger partial charge in [-0.15, -0.1) is 0 Å². The first-order valence-electron chi connectivity index (χ1n) is 5.81. The van der Waals surface area contributed by atoms with Crippen LogP contribution in [0.25, 0.3) is 0 Å². The molecule has 0 saturated carbocycles. The van der Waals surface area contributed by atoms with E-state index in [-0.39, 0.29) is 0 Å². The van der Waals surface area contributed by atoms with Crippen molar-refractivity contribution >= 4 is 33.2 Å². The van der Waals surface area contributed by atoms with Gasteiger partial charge in [0.15, 0.2) is 0 Å². The van der Waals surface area contributed by atoms with E-state index < -0.39 is 0 Å². The molecule has 0 aliphatic heterocycles. The van der Waals surface area contributed by atoms with Gasteiger partial charge >= 0.3 is 0 Å². The summed E-state index contributed by atoms with van der Waals surface area (Å²) in [7, 11) is 0. The molecule has 0 atom stereocenters. The molecule has 1 aromatic heterocycles. The number of pyridine rings is 1. The van der Waals surface area contributed by atoms with E-state index in [1.165, 1.54) is 11.1 Å². The van der Waals surface area contributed by atoms with Gasteiger partial charge in [-0.2, -0.15) is 0 Å². The zero-order chi connectivity index (χ0) is 13.0. The Hall–Kier alpha value is -1.06. The van der Waals surface area contributed by atoms with E-state index in [4.69, 9.17) is 11.6 Å². The number of aromatic nitrogens is 1. The highest BCUT2D eigenvalue weighted by Crippen LogP contribution is 2.23. The summed E-state index contributed by atoms with van der Waals surface area (Å²) in [5.74, 6) is 0. The Kier molecular flexibility index (Phi) is 4.61. The summed E-state index contributed by atoms with van der Waals surface area (Å²) in [6.07, 6.45) is 2.80. The second-order valence-corrected chi connectivity index (χ2v) is 5.23. The van der Waals surface area contributed by atoms with E-state index in [1.807, 2.05) is 6.07 Å². The second-order valence-electron chi connectivity index (χ2n) is 4.02. The molecule has 1 aromatic carbocycles. The molecular weight excluding hydrogens is 312 g/mol. The lowest BCUT2D eigenvalue weighted by molar-refractivity contribution is 1.10. The molecule has 4 heteroatoms. The second kappa shape index (κ2) is 6.21. The average molecular weight is 326 g/mol. The molecule has 1 heterocycles. The SMILES string of the molecule is CCc1ccc(CNc2cnc(Cl)c(Br)c2)cc1. The molecule has 0 bridgehead atoms. The van der Waals surface area contributed by atoms with Crippen molar-refractivity contribution in [3.8, 4) is 0 Å². The number of rotatable bonds is 4. The van der Waals surface area contributed by atoms with Crippen molar-refractivity contribution in [1.82, 2.24) is 4.98 Å². The maximum absolute atomic E-state index is 5.85. The Labute approximate surface area is 121 Å². The number of anilines is 1. The van der Waals surface area contributed by atoms with Gasteiger partial charge in [0, 0.05) is 6.54 Å². The number of hydrogen-bond acceptors (Lipinski definition) is 2. The molecule has 2 rings (SSSR count). The van der Waals surface area contributed by atoms with Crippen LogP contribution in [0.4, 0.5) is 5.69 Å². The first kappa shape index (κ1) is 13.4. The molecule has 0 aliphatic rings. The first-order valence-corrected chi connectivity index (χ1v) is 6.99. The molecule has 0 aliphatic carbocycles. The summed E-state index contributed by atoms with van der Waals surface area (Å²) in [6, 6.07) is 10.5. The topological polar surface area (TPSA) is 24.9 Å². The maximum atomic E-state index is 5.85. The minimum absolute atomic E-state index is 0.479. The van der Waals surface area contributed by atoms with Crippen LogP contribution in [0, 0.1) is 0 Å². The van der Waals surface area contributed by atoms with Crippen molar-refractivity contribution < 1.29 is 0 Å². The first-order chi connectivity index (χ1) is 8.69. The molecular formula is C14H14BrClN2. The van der Waals surface area contributed by atoms with Crippen molar-refractivity contribution in [2.45, 2.75) is 19.9 Å². The monoisotopic (exact) mass is 324 g/mol. The van der Waals surface area contributed by atoms with Gasteiger partial charge in [0.05, 0.1) is 16.4 Å². The minimum Gasteiger partial charge on any atom is -0.380 e. The summed E-state index contributed by atoms with van der Waals surface area (Å²) in [5, 5.41) is 3.79. The Bertz CT molecular complexity index is 526. The summed E-state index contributed by atoms with van der Waals surface area (Å²) in [6.45, 7) is 2.93. The molecule has 0 radical (unpaired) electrons. The van der Waals surface area contributed by atoms with E-state index in [9.17, 15) is 0 Å². The standard InChI is InChI=1S/C14H14BrClN2/c1-2-10-3-5-11(6-4-10)8-17-12-7-13(15)14(16)18-9-12/h3-7,9,17H,2,8H2,1H3. The van der Waals surface area contributed by atoms with E-state index >= 15 is 0 Å². The fourth-order valence-electron chi connectivity index (χ4n) is 1.61. The number of hydrogen-bond donors (Lipinski definition) is 1. The van der Waals surface area contributed by atoms with Crippen LogP contribution in [-0.4, -0.2) is 4.98 Å². The lowest BCUT2D eigenvalue weighted by Crippen LogP contribution is -2.00. The molecule has 94 valence electrons. The van der Waals surface area contributed by atoms with Crippen molar-refractivity contribution in [2.24, 2.45) is 0 Å². The van der Waals surface area contributed by atoms with Gasteiger partial charge in [-0.1, -0.05) is 42.8 Å². The number of aryl methyl sites for hydroxylation is 1. The summed E-state index contributed by atoms with van der Waals surface area (Å²) < 4.78 is 0.801. The fraction of sp³-hybridized carbons (Fsp3) is 0.214. The zero-order valence-electron chi connectivity index (χ0n) is 10.1. The summed E-state index contributed by atoms with van der Waals surface area (Å²) in [5.41, 5.74) is 3.55.